The normalized spacial score (nSPS) is 10.3. The fourth-order valence-corrected chi connectivity index (χ4v) is 2.08. The highest BCUT2D eigenvalue weighted by atomic mass is 32.1. The first-order valence-corrected chi connectivity index (χ1v) is 6.02. The second-order valence-corrected chi connectivity index (χ2v) is 4.37. The van der Waals surface area contributed by atoms with Crippen molar-refractivity contribution in [2.24, 2.45) is 0 Å². The quantitative estimate of drug-likeness (QED) is 0.827. The van der Waals surface area contributed by atoms with Crippen LogP contribution in [0.3, 0.4) is 0 Å². The van der Waals surface area contributed by atoms with Crippen molar-refractivity contribution in [3.8, 4) is 5.19 Å². The molecule has 0 saturated heterocycles. The summed E-state index contributed by atoms with van der Waals surface area (Å²) in [6, 6.07) is 7.85. The van der Waals surface area contributed by atoms with Gasteiger partial charge >= 0.3 is 0 Å². The molecule has 1 aromatic carbocycles. The van der Waals surface area contributed by atoms with E-state index < -0.39 is 0 Å². The molecule has 1 heterocycles. The van der Waals surface area contributed by atoms with Gasteiger partial charge in [0.25, 0.3) is 5.19 Å². The van der Waals surface area contributed by atoms with Gasteiger partial charge in [0, 0.05) is 17.5 Å². The molecule has 0 aliphatic rings. The van der Waals surface area contributed by atoms with E-state index in [-0.39, 0.29) is 0 Å². The average Bonchev–Trinajstić information content (AvgIpc) is 2.67. The van der Waals surface area contributed by atoms with E-state index in [4.69, 9.17) is 10.5 Å². The summed E-state index contributed by atoms with van der Waals surface area (Å²) in [6.07, 6.45) is 0.811. The summed E-state index contributed by atoms with van der Waals surface area (Å²) in [6.45, 7) is 2.57. The number of anilines is 1. The largest absolute Gasteiger partial charge is 0.470 e. The summed E-state index contributed by atoms with van der Waals surface area (Å²) in [7, 11) is 0. The molecular weight excluding hydrogens is 220 g/mol. The molecule has 84 valence electrons. The average molecular weight is 234 g/mol. The van der Waals surface area contributed by atoms with Gasteiger partial charge in [-0.25, -0.2) is 4.98 Å². The highest BCUT2D eigenvalue weighted by molar-refractivity contribution is 7.11. The number of aryl methyl sites for hydroxylation is 1. The maximum atomic E-state index is 5.84. The summed E-state index contributed by atoms with van der Waals surface area (Å²) >= 11 is 1.52. The molecule has 0 atom stereocenters. The predicted molar refractivity (Wildman–Crippen MR) is 66.9 cm³/mol. The van der Waals surface area contributed by atoms with E-state index in [1.165, 1.54) is 11.3 Å². The number of thiazole rings is 1. The van der Waals surface area contributed by atoms with Crippen LogP contribution in [-0.2, 0) is 6.42 Å². The number of nitrogens with two attached hydrogens (primary N) is 1. The van der Waals surface area contributed by atoms with Gasteiger partial charge in [-0.3, -0.25) is 0 Å². The molecule has 0 aliphatic heterocycles. The van der Waals surface area contributed by atoms with Crippen LogP contribution in [0.15, 0.2) is 29.6 Å². The van der Waals surface area contributed by atoms with Crippen molar-refractivity contribution in [3.05, 3.63) is 40.9 Å². The van der Waals surface area contributed by atoms with Gasteiger partial charge in [-0.05, 0) is 18.6 Å². The zero-order chi connectivity index (χ0) is 11.4. The molecule has 0 spiro atoms. The molecule has 0 bridgehead atoms. The van der Waals surface area contributed by atoms with Gasteiger partial charge in [0.1, 0.15) is 0 Å². The molecule has 1 aromatic heterocycles. The van der Waals surface area contributed by atoms with Crippen LogP contribution in [0.4, 0.5) is 5.69 Å². The Hall–Kier alpha value is -1.55. The Labute approximate surface area is 98.9 Å². The van der Waals surface area contributed by atoms with Crippen LogP contribution in [0.2, 0.25) is 0 Å². The number of rotatable bonds is 4. The van der Waals surface area contributed by atoms with Gasteiger partial charge in [-0.2, -0.15) is 0 Å². The van der Waals surface area contributed by atoms with Crippen LogP contribution in [0.5, 0.6) is 5.19 Å². The van der Waals surface area contributed by atoms with Gasteiger partial charge < -0.3 is 10.5 Å². The van der Waals surface area contributed by atoms with Crippen molar-refractivity contribution in [2.75, 3.05) is 12.3 Å². The first kappa shape index (κ1) is 11.0. The lowest BCUT2D eigenvalue weighted by atomic mass is 10.1. The minimum absolute atomic E-state index is 0.612. The van der Waals surface area contributed by atoms with Gasteiger partial charge in [-0.15, -0.1) is 0 Å². The Kier molecular flexibility index (Phi) is 3.41. The molecule has 0 unspecified atom stereocenters. The van der Waals surface area contributed by atoms with Crippen molar-refractivity contribution in [1.29, 1.82) is 0 Å². The standard InChI is InChI=1S/C12H14N2OS/c1-9-8-16-12(14-9)15-7-6-10-4-2-3-5-11(10)13/h2-5,8H,6-7,13H2,1H3. The molecule has 4 heteroatoms. The number of ether oxygens (including phenoxy) is 1. The number of benzene rings is 1. The number of nitrogens with zero attached hydrogens (tertiary/aromatic N) is 1. The van der Waals surface area contributed by atoms with E-state index in [1.54, 1.807) is 0 Å². The van der Waals surface area contributed by atoms with Crippen molar-refractivity contribution in [3.63, 3.8) is 0 Å². The summed E-state index contributed by atoms with van der Waals surface area (Å²) in [5.74, 6) is 0. The Bertz CT molecular complexity index is 468. The molecule has 3 nitrogen and oxygen atoms in total. The molecular formula is C12H14N2OS. The van der Waals surface area contributed by atoms with E-state index in [0.717, 1.165) is 28.6 Å². The van der Waals surface area contributed by atoms with Crippen molar-refractivity contribution in [1.82, 2.24) is 4.98 Å². The van der Waals surface area contributed by atoms with Gasteiger partial charge in [0.15, 0.2) is 0 Å². The summed E-state index contributed by atoms with van der Waals surface area (Å²) in [4.78, 5) is 4.23. The van der Waals surface area contributed by atoms with Crippen molar-refractivity contribution in [2.45, 2.75) is 13.3 Å². The van der Waals surface area contributed by atoms with Crippen molar-refractivity contribution < 1.29 is 4.74 Å². The first-order chi connectivity index (χ1) is 7.75. The van der Waals surface area contributed by atoms with Crippen LogP contribution in [0.25, 0.3) is 0 Å². The fraction of sp³-hybridized carbons (Fsp3) is 0.250. The monoisotopic (exact) mass is 234 g/mol. The first-order valence-electron chi connectivity index (χ1n) is 5.14. The third kappa shape index (κ3) is 2.73. The number of hydrogen-bond acceptors (Lipinski definition) is 4. The molecule has 2 N–H and O–H groups in total. The number of nitrogen functional groups attached to an aromatic ring is 1. The van der Waals surface area contributed by atoms with Gasteiger partial charge in [-0.1, -0.05) is 29.5 Å². The van der Waals surface area contributed by atoms with Crippen LogP contribution in [0, 0.1) is 6.92 Å². The van der Waals surface area contributed by atoms with E-state index in [9.17, 15) is 0 Å². The summed E-state index contributed by atoms with van der Waals surface area (Å²) < 4.78 is 5.54. The third-order valence-corrected chi connectivity index (χ3v) is 3.12. The summed E-state index contributed by atoms with van der Waals surface area (Å²) in [5.41, 5.74) is 8.78. The second kappa shape index (κ2) is 4.99. The lowest BCUT2D eigenvalue weighted by Gasteiger charge is -2.05. The highest BCUT2D eigenvalue weighted by Crippen LogP contribution is 2.18. The second-order valence-electron chi connectivity index (χ2n) is 3.55. The van der Waals surface area contributed by atoms with Crippen LogP contribution in [0.1, 0.15) is 11.3 Å². The van der Waals surface area contributed by atoms with E-state index >= 15 is 0 Å². The Morgan fingerprint density at radius 2 is 2.19 bits per heavy atom. The van der Waals surface area contributed by atoms with Gasteiger partial charge in [0.2, 0.25) is 0 Å². The van der Waals surface area contributed by atoms with Crippen molar-refractivity contribution >= 4 is 17.0 Å². The zero-order valence-corrected chi connectivity index (χ0v) is 9.96. The van der Waals surface area contributed by atoms with Gasteiger partial charge in [0.05, 0.1) is 12.3 Å². The lowest BCUT2D eigenvalue weighted by Crippen LogP contribution is -2.03. The van der Waals surface area contributed by atoms with E-state index in [2.05, 4.69) is 4.98 Å². The molecule has 16 heavy (non-hydrogen) atoms. The molecule has 0 fully saturated rings. The molecule has 2 rings (SSSR count). The van der Waals surface area contributed by atoms with E-state index in [0.29, 0.717) is 6.61 Å². The van der Waals surface area contributed by atoms with Crippen LogP contribution >= 0.6 is 11.3 Å². The minimum atomic E-state index is 0.612. The zero-order valence-electron chi connectivity index (χ0n) is 9.14. The maximum absolute atomic E-state index is 5.84. The SMILES string of the molecule is Cc1csc(OCCc2ccccc2N)n1. The Morgan fingerprint density at radius 3 is 2.88 bits per heavy atom. The van der Waals surface area contributed by atoms with Crippen LogP contribution in [-0.4, -0.2) is 11.6 Å². The topological polar surface area (TPSA) is 48.1 Å². The minimum Gasteiger partial charge on any atom is -0.470 e. The molecule has 0 aliphatic carbocycles. The van der Waals surface area contributed by atoms with Crippen LogP contribution < -0.4 is 10.5 Å². The summed E-state index contributed by atoms with van der Waals surface area (Å²) in [5, 5.41) is 2.71. The Balaban J connectivity index is 1.87. The Morgan fingerprint density at radius 1 is 1.38 bits per heavy atom. The lowest BCUT2D eigenvalue weighted by molar-refractivity contribution is 0.320. The molecule has 0 amide bonds. The molecule has 0 radical (unpaired) electrons. The fourth-order valence-electron chi connectivity index (χ4n) is 1.41. The number of aromatic nitrogens is 1. The number of hydrogen-bond donors (Lipinski definition) is 1. The smallest absolute Gasteiger partial charge is 0.273 e. The highest BCUT2D eigenvalue weighted by Gasteiger charge is 2.01. The number of para-hydroxylation sites is 1. The molecule has 0 saturated carbocycles. The van der Waals surface area contributed by atoms with E-state index in [1.807, 2.05) is 36.6 Å². The molecule has 2 aromatic rings. The third-order valence-electron chi connectivity index (χ3n) is 2.25. The maximum Gasteiger partial charge on any atom is 0.273 e. The predicted octanol–water partition coefficient (Wildman–Crippen LogP) is 2.66.